The lowest BCUT2D eigenvalue weighted by Crippen LogP contribution is -2.36. The maximum Gasteiger partial charge on any atom is 0.325 e. The van der Waals surface area contributed by atoms with Gasteiger partial charge in [-0.3, -0.25) is 9.59 Å². The zero-order valence-corrected chi connectivity index (χ0v) is 15.9. The van der Waals surface area contributed by atoms with Crippen LogP contribution in [0.15, 0.2) is 54.9 Å². The van der Waals surface area contributed by atoms with Gasteiger partial charge in [0.15, 0.2) is 0 Å². The van der Waals surface area contributed by atoms with Gasteiger partial charge in [-0.2, -0.15) is 0 Å². The van der Waals surface area contributed by atoms with E-state index in [1.807, 2.05) is 36.4 Å². The minimum Gasteiger partial charge on any atom is -0.468 e. The topological polar surface area (TPSA) is 90.2 Å². The molecule has 9 heteroatoms. The average Bonchev–Trinajstić information content (AvgIpc) is 3.24. The second-order valence-electron chi connectivity index (χ2n) is 6.05. The molecule has 1 heterocycles. The third-order valence-electron chi connectivity index (χ3n) is 4.09. The number of benzene rings is 2. The number of carbonyl (C=O) groups excluding carboxylic acids is 2. The highest BCUT2D eigenvalue weighted by molar-refractivity contribution is 6.30. The predicted molar refractivity (Wildman–Crippen MR) is 102 cm³/mol. The van der Waals surface area contributed by atoms with Crippen molar-refractivity contribution in [2.75, 3.05) is 13.7 Å². The van der Waals surface area contributed by atoms with Crippen molar-refractivity contribution < 1.29 is 14.3 Å². The first kappa shape index (κ1) is 19.5. The summed E-state index contributed by atoms with van der Waals surface area (Å²) in [5.41, 5.74) is 2.47. The molecule has 0 aliphatic heterocycles. The van der Waals surface area contributed by atoms with Crippen LogP contribution in [0, 0.1) is 0 Å². The summed E-state index contributed by atoms with van der Waals surface area (Å²) in [6, 6.07) is 14.4. The zero-order chi connectivity index (χ0) is 19.9. The highest BCUT2D eigenvalue weighted by Gasteiger charge is 2.18. The molecular formula is C19H18ClN5O3. The fraction of sp³-hybridized carbons (Fsp3) is 0.211. The van der Waals surface area contributed by atoms with Crippen molar-refractivity contribution in [1.29, 1.82) is 0 Å². The molecule has 144 valence electrons. The summed E-state index contributed by atoms with van der Waals surface area (Å²) in [6.07, 6.45) is 1.64. The molecule has 0 radical (unpaired) electrons. The Bertz CT molecular complexity index is 927. The molecule has 0 saturated heterocycles. The van der Waals surface area contributed by atoms with Crippen LogP contribution in [0.4, 0.5) is 0 Å². The van der Waals surface area contributed by atoms with Gasteiger partial charge in [-0.15, -0.1) is 5.10 Å². The Kier molecular flexibility index (Phi) is 6.33. The Balaban J connectivity index is 1.71. The molecule has 0 unspecified atom stereocenters. The Morgan fingerprint density at radius 2 is 1.75 bits per heavy atom. The number of aromatic nitrogens is 4. The normalized spacial score (nSPS) is 10.5. The number of esters is 1. The van der Waals surface area contributed by atoms with Gasteiger partial charge in [0.1, 0.15) is 12.9 Å². The average molecular weight is 400 g/mol. The van der Waals surface area contributed by atoms with E-state index < -0.39 is 5.97 Å². The number of tetrazole rings is 1. The second kappa shape index (κ2) is 9.09. The van der Waals surface area contributed by atoms with Gasteiger partial charge in [-0.05, 0) is 45.8 Å². The van der Waals surface area contributed by atoms with Gasteiger partial charge in [0.2, 0.25) is 5.91 Å². The molecule has 3 rings (SSSR count). The van der Waals surface area contributed by atoms with Crippen molar-refractivity contribution in [3.8, 4) is 5.69 Å². The molecule has 0 bridgehead atoms. The Labute approximate surface area is 166 Å². The van der Waals surface area contributed by atoms with Crippen LogP contribution in [0.2, 0.25) is 5.02 Å². The van der Waals surface area contributed by atoms with Gasteiger partial charge < -0.3 is 9.64 Å². The molecule has 2 aromatic carbocycles. The standard InChI is InChI=1S/C19H18ClN5O3/c1-28-19(27)12-24(11-15-2-6-16(20)7-3-15)18(26)10-14-4-8-17(9-5-14)25-13-21-22-23-25/h2-9,13H,10-12H2,1H3. The van der Waals surface area contributed by atoms with Crippen LogP contribution in [0.3, 0.4) is 0 Å². The van der Waals surface area contributed by atoms with Gasteiger partial charge in [0, 0.05) is 11.6 Å². The van der Waals surface area contributed by atoms with Crippen molar-refractivity contribution in [3.63, 3.8) is 0 Å². The monoisotopic (exact) mass is 399 g/mol. The lowest BCUT2D eigenvalue weighted by molar-refractivity contribution is -0.147. The molecular weight excluding hydrogens is 382 g/mol. The number of amides is 1. The van der Waals surface area contributed by atoms with Crippen LogP contribution >= 0.6 is 11.6 Å². The van der Waals surface area contributed by atoms with Crippen molar-refractivity contribution in [3.05, 3.63) is 71.0 Å². The largest absolute Gasteiger partial charge is 0.468 e. The fourth-order valence-electron chi connectivity index (χ4n) is 2.60. The maximum atomic E-state index is 12.8. The number of halogens is 1. The van der Waals surface area contributed by atoms with Crippen molar-refractivity contribution in [2.24, 2.45) is 0 Å². The lowest BCUT2D eigenvalue weighted by Gasteiger charge is -2.22. The first-order valence-corrected chi connectivity index (χ1v) is 8.84. The Morgan fingerprint density at radius 3 is 2.36 bits per heavy atom. The number of hydrogen-bond donors (Lipinski definition) is 0. The summed E-state index contributed by atoms with van der Waals surface area (Å²) >= 11 is 5.91. The van der Waals surface area contributed by atoms with E-state index in [1.54, 1.807) is 12.1 Å². The van der Waals surface area contributed by atoms with Crippen molar-refractivity contribution in [2.45, 2.75) is 13.0 Å². The van der Waals surface area contributed by atoms with Crippen LogP contribution < -0.4 is 0 Å². The van der Waals surface area contributed by atoms with E-state index >= 15 is 0 Å². The minimum atomic E-state index is -0.476. The molecule has 0 N–H and O–H groups in total. The summed E-state index contributed by atoms with van der Waals surface area (Å²) < 4.78 is 6.24. The summed E-state index contributed by atoms with van der Waals surface area (Å²) in [5, 5.41) is 11.6. The molecule has 3 aromatic rings. The molecule has 0 spiro atoms. The lowest BCUT2D eigenvalue weighted by atomic mass is 10.1. The molecule has 0 aliphatic carbocycles. The molecule has 1 amide bonds. The van der Waals surface area contributed by atoms with Crippen molar-refractivity contribution >= 4 is 23.5 Å². The first-order chi connectivity index (χ1) is 13.5. The number of ether oxygens (including phenoxy) is 1. The van der Waals surface area contributed by atoms with Gasteiger partial charge in [-0.1, -0.05) is 35.9 Å². The summed E-state index contributed by atoms with van der Waals surface area (Å²) in [7, 11) is 1.30. The summed E-state index contributed by atoms with van der Waals surface area (Å²) in [4.78, 5) is 26.0. The van der Waals surface area contributed by atoms with E-state index in [0.29, 0.717) is 5.02 Å². The van der Waals surface area contributed by atoms with Crippen LogP contribution in [0.1, 0.15) is 11.1 Å². The van der Waals surface area contributed by atoms with E-state index in [1.165, 1.54) is 23.0 Å². The summed E-state index contributed by atoms with van der Waals surface area (Å²) in [6.45, 7) is 0.161. The van der Waals surface area contributed by atoms with Gasteiger partial charge in [-0.25, -0.2) is 4.68 Å². The van der Waals surface area contributed by atoms with Crippen LogP contribution in [0.25, 0.3) is 5.69 Å². The van der Waals surface area contributed by atoms with E-state index in [4.69, 9.17) is 16.3 Å². The smallest absolute Gasteiger partial charge is 0.325 e. The van der Waals surface area contributed by atoms with Gasteiger partial charge in [0.05, 0.1) is 19.2 Å². The van der Waals surface area contributed by atoms with E-state index in [0.717, 1.165) is 16.8 Å². The number of hydrogen-bond acceptors (Lipinski definition) is 6. The first-order valence-electron chi connectivity index (χ1n) is 8.46. The molecule has 28 heavy (non-hydrogen) atoms. The Morgan fingerprint density at radius 1 is 1.07 bits per heavy atom. The van der Waals surface area contributed by atoms with Crippen molar-refractivity contribution in [1.82, 2.24) is 25.1 Å². The van der Waals surface area contributed by atoms with Crippen LogP contribution in [-0.2, 0) is 27.3 Å². The fourth-order valence-corrected chi connectivity index (χ4v) is 2.72. The molecule has 0 aliphatic rings. The van der Waals surface area contributed by atoms with Crippen LogP contribution in [-0.4, -0.2) is 50.6 Å². The predicted octanol–water partition coefficient (Wildman–Crippen LogP) is 2.06. The van der Waals surface area contributed by atoms with E-state index in [-0.39, 0.29) is 25.4 Å². The zero-order valence-electron chi connectivity index (χ0n) is 15.2. The number of methoxy groups -OCH3 is 1. The van der Waals surface area contributed by atoms with Crippen LogP contribution in [0.5, 0.6) is 0 Å². The maximum absolute atomic E-state index is 12.8. The molecule has 0 saturated carbocycles. The quantitative estimate of drug-likeness (QED) is 0.565. The van der Waals surface area contributed by atoms with Gasteiger partial charge in [0.25, 0.3) is 0 Å². The number of nitrogens with zero attached hydrogens (tertiary/aromatic N) is 5. The Hall–Kier alpha value is -3.26. The SMILES string of the molecule is COC(=O)CN(Cc1ccc(Cl)cc1)C(=O)Cc1ccc(-n2cnnn2)cc1. The number of rotatable bonds is 7. The third kappa shape index (κ3) is 5.14. The van der Waals surface area contributed by atoms with E-state index in [9.17, 15) is 9.59 Å². The molecule has 8 nitrogen and oxygen atoms in total. The molecule has 0 atom stereocenters. The van der Waals surface area contributed by atoms with Gasteiger partial charge >= 0.3 is 5.97 Å². The second-order valence-corrected chi connectivity index (χ2v) is 6.49. The molecule has 0 fully saturated rings. The number of carbonyl (C=O) groups is 2. The van der Waals surface area contributed by atoms with E-state index in [2.05, 4.69) is 15.5 Å². The highest BCUT2D eigenvalue weighted by Crippen LogP contribution is 2.14. The minimum absolute atomic E-state index is 0.124. The molecule has 1 aromatic heterocycles. The third-order valence-corrected chi connectivity index (χ3v) is 4.34. The highest BCUT2D eigenvalue weighted by atomic mass is 35.5. The summed E-state index contributed by atoms with van der Waals surface area (Å²) in [5.74, 6) is -0.660.